The molecule has 0 fully saturated rings. The highest BCUT2D eigenvalue weighted by Gasteiger charge is 2.12. The van der Waals surface area contributed by atoms with Crippen molar-refractivity contribution in [1.82, 2.24) is 5.43 Å². The molecule has 0 atom stereocenters. The number of carbonyl (C=O) groups excluding carboxylic acids is 1. The normalized spacial score (nSPS) is 10.7. The lowest BCUT2D eigenvalue weighted by Gasteiger charge is -2.13. The van der Waals surface area contributed by atoms with Crippen LogP contribution in [0.4, 0.5) is 0 Å². The Labute approximate surface area is 232 Å². The van der Waals surface area contributed by atoms with Crippen molar-refractivity contribution in [3.8, 4) is 23.0 Å². The second-order valence-electron chi connectivity index (χ2n) is 8.40. The Morgan fingerprint density at radius 2 is 1.51 bits per heavy atom. The molecule has 0 saturated heterocycles. The Kier molecular flexibility index (Phi) is 9.80. The van der Waals surface area contributed by atoms with Crippen LogP contribution in [0.25, 0.3) is 0 Å². The van der Waals surface area contributed by atoms with Crippen LogP contribution in [0.1, 0.15) is 34.0 Å². The first-order chi connectivity index (χ1) is 19.1. The molecule has 1 amide bonds. The van der Waals surface area contributed by atoms with Crippen molar-refractivity contribution in [2.75, 3.05) is 13.7 Å². The van der Waals surface area contributed by atoms with Crippen molar-refractivity contribution < 1.29 is 23.7 Å². The summed E-state index contributed by atoms with van der Waals surface area (Å²) in [6.45, 7) is 3.11. The van der Waals surface area contributed by atoms with E-state index < -0.39 is 0 Å². The SMILES string of the molecule is CCOc1cc(/C=N/NC(=O)c2ccc(OCc3ccccc3)c(OC)c2)ccc1OCc1cccc(Cl)c1. The summed E-state index contributed by atoms with van der Waals surface area (Å²) in [6.07, 6.45) is 1.54. The molecule has 1 N–H and O–H groups in total. The minimum Gasteiger partial charge on any atom is -0.493 e. The van der Waals surface area contributed by atoms with Crippen LogP contribution in [-0.4, -0.2) is 25.8 Å². The maximum Gasteiger partial charge on any atom is 0.271 e. The Balaban J connectivity index is 1.37. The largest absolute Gasteiger partial charge is 0.493 e. The molecule has 7 nitrogen and oxygen atoms in total. The van der Waals surface area contributed by atoms with Crippen LogP contribution in [0, 0.1) is 0 Å². The van der Waals surface area contributed by atoms with E-state index in [9.17, 15) is 4.79 Å². The molecule has 0 spiro atoms. The number of benzene rings is 4. The van der Waals surface area contributed by atoms with Crippen LogP contribution in [0.3, 0.4) is 0 Å². The van der Waals surface area contributed by atoms with Crippen molar-refractivity contribution in [2.45, 2.75) is 20.1 Å². The molecule has 200 valence electrons. The zero-order valence-corrected chi connectivity index (χ0v) is 22.5. The number of hydrogen-bond donors (Lipinski definition) is 1. The van der Waals surface area contributed by atoms with Gasteiger partial charge in [0.25, 0.3) is 5.91 Å². The summed E-state index contributed by atoms with van der Waals surface area (Å²) in [4.78, 5) is 12.7. The van der Waals surface area contributed by atoms with Gasteiger partial charge in [-0.25, -0.2) is 5.43 Å². The van der Waals surface area contributed by atoms with Gasteiger partial charge in [-0.1, -0.05) is 54.1 Å². The minimum atomic E-state index is -0.384. The zero-order valence-electron chi connectivity index (χ0n) is 21.7. The molecule has 8 heteroatoms. The molecule has 0 aliphatic heterocycles. The van der Waals surface area contributed by atoms with Gasteiger partial charge in [-0.15, -0.1) is 0 Å². The molecule has 4 rings (SSSR count). The molecule has 0 aromatic heterocycles. The van der Waals surface area contributed by atoms with Gasteiger partial charge in [0.15, 0.2) is 23.0 Å². The molecular weight excluding hydrogens is 516 g/mol. The second kappa shape index (κ2) is 13.9. The molecule has 0 aliphatic rings. The van der Waals surface area contributed by atoms with E-state index in [0.717, 1.165) is 16.7 Å². The Hall–Kier alpha value is -4.49. The summed E-state index contributed by atoms with van der Waals surface area (Å²) in [5, 5.41) is 4.75. The highest BCUT2D eigenvalue weighted by molar-refractivity contribution is 6.30. The number of halogens is 1. The van der Waals surface area contributed by atoms with Gasteiger partial charge in [-0.2, -0.15) is 5.10 Å². The third kappa shape index (κ3) is 7.99. The maximum atomic E-state index is 12.7. The van der Waals surface area contributed by atoms with Crippen LogP contribution in [0.5, 0.6) is 23.0 Å². The third-order valence-electron chi connectivity index (χ3n) is 5.59. The second-order valence-corrected chi connectivity index (χ2v) is 8.83. The molecular formula is C31H29ClN2O5. The summed E-state index contributed by atoms with van der Waals surface area (Å²) in [7, 11) is 1.53. The predicted octanol–water partition coefficient (Wildman–Crippen LogP) is 6.67. The van der Waals surface area contributed by atoms with Crippen molar-refractivity contribution in [1.29, 1.82) is 0 Å². The number of carbonyl (C=O) groups is 1. The summed E-state index contributed by atoms with van der Waals surface area (Å²) in [5.74, 6) is 1.79. The number of amides is 1. The molecule has 39 heavy (non-hydrogen) atoms. The molecule has 4 aromatic carbocycles. The number of nitrogens with zero attached hydrogens (tertiary/aromatic N) is 1. The van der Waals surface area contributed by atoms with Gasteiger partial charge < -0.3 is 18.9 Å². The van der Waals surface area contributed by atoms with E-state index in [1.165, 1.54) is 13.3 Å². The van der Waals surface area contributed by atoms with Gasteiger partial charge in [-0.05, 0) is 72.1 Å². The van der Waals surface area contributed by atoms with Gasteiger partial charge in [0.2, 0.25) is 0 Å². The zero-order chi connectivity index (χ0) is 27.5. The first kappa shape index (κ1) is 27.5. The van der Waals surface area contributed by atoms with E-state index in [0.29, 0.717) is 53.4 Å². The van der Waals surface area contributed by atoms with Gasteiger partial charge >= 0.3 is 0 Å². The van der Waals surface area contributed by atoms with Crippen molar-refractivity contribution in [3.63, 3.8) is 0 Å². The monoisotopic (exact) mass is 544 g/mol. The lowest BCUT2D eigenvalue weighted by atomic mass is 10.2. The summed E-state index contributed by atoms with van der Waals surface area (Å²) in [6, 6.07) is 27.7. The fourth-order valence-electron chi connectivity index (χ4n) is 3.67. The van der Waals surface area contributed by atoms with Crippen LogP contribution >= 0.6 is 11.6 Å². The van der Waals surface area contributed by atoms with Crippen LogP contribution < -0.4 is 24.4 Å². The summed E-state index contributed by atoms with van der Waals surface area (Å²) in [5.41, 5.74) is 5.64. The van der Waals surface area contributed by atoms with Crippen LogP contribution in [-0.2, 0) is 13.2 Å². The molecule has 0 aliphatic carbocycles. The highest BCUT2D eigenvalue weighted by Crippen LogP contribution is 2.30. The van der Waals surface area contributed by atoms with E-state index in [1.54, 1.807) is 30.3 Å². The first-order valence-electron chi connectivity index (χ1n) is 12.4. The lowest BCUT2D eigenvalue weighted by Crippen LogP contribution is -2.17. The van der Waals surface area contributed by atoms with Gasteiger partial charge in [-0.3, -0.25) is 4.79 Å². The van der Waals surface area contributed by atoms with E-state index in [-0.39, 0.29) is 5.91 Å². The smallest absolute Gasteiger partial charge is 0.271 e. The van der Waals surface area contributed by atoms with Gasteiger partial charge in [0.1, 0.15) is 13.2 Å². The molecule has 4 aromatic rings. The standard InChI is InChI=1S/C31H29ClN2O5/c1-3-37-30-17-23(12-14-28(30)39-21-24-10-7-11-26(32)16-24)19-33-34-31(35)25-13-15-27(29(18-25)36-2)38-20-22-8-5-4-6-9-22/h4-19H,3,20-21H2,1-2H3,(H,34,35)/b33-19+. The molecule has 0 radical (unpaired) electrons. The molecule has 0 saturated carbocycles. The number of methoxy groups -OCH3 is 1. The number of hydrazone groups is 1. The topological polar surface area (TPSA) is 78.4 Å². The van der Waals surface area contributed by atoms with Crippen LogP contribution in [0.2, 0.25) is 5.02 Å². The number of ether oxygens (including phenoxy) is 4. The average molecular weight is 545 g/mol. The van der Waals surface area contributed by atoms with Gasteiger partial charge in [0.05, 0.1) is 19.9 Å². The number of nitrogens with one attached hydrogen (secondary N) is 1. The predicted molar refractivity (Wildman–Crippen MR) is 152 cm³/mol. The Morgan fingerprint density at radius 1 is 0.795 bits per heavy atom. The molecule has 0 bridgehead atoms. The minimum absolute atomic E-state index is 0.351. The number of rotatable bonds is 12. The summed E-state index contributed by atoms with van der Waals surface area (Å²) >= 11 is 6.06. The van der Waals surface area contributed by atoms with E-state index in [2.05, 4.69) is 10.5 Å². The first-order valence-corrected chi connectivity index (χ1v) is 12.8. The van der Waals surface area contributed by atoms with Crippen LogP contribution in [0.15, 0.2) is 96.1 Å². The van der Waals surface area contributed by atoms with E-state index in [1.807, 2.05) is 67.6 Å². The Morgan fingerprint density at radius 3 is 2.26 bits per heavy atom. The maximum absolute atomic E-state index is 12.7. The Bertz CT molecular complexity index is 1430. The molecule has 0 unspecified atom stereocenters. The lowest BCUT2D eigenvalue weighted by molar-refractivity contribution is 0.0954. The fourth-order valence-corrected chi connectivity index (χ4v) is 3.89. The van der Waals surface area contributed by atoms with Crippen molar-refractivity contribution in [2.24, 2.45) is 5.10 Å². The highest BCUT2D eigenvalue weighted by atomic mass is 35.5. The number of hydrogen-bond acceptors (Lipinski definition) is 6. The van der Waals surface area contributed by atoms with Gasteiger partial charge in [0, 0.05) is 10.6 Å². The van der Waals surface area contributed by atoms with E-state index in [4.69, 9.17) is 30.5 Å². The summed E-state index contributed by atoms with van der Waals surface area (Å²) < 4.78 is 23.0. The molecule has 0 heterocycles. The quantitative estimate of drug-likeness (QED) is 0.159. The average Bonchev–Trinajstić information content (AvgIpc) is 2.96. The van der Waals surface area contributed by atoms with Crippen molar-refractivity contribution >= 4 is 23.7 Å². The fraction of sp³-hybridized carbons (Fsp3) is 0.161. The van der Waals surface area contributed by atoms with Crippen molar-refractivity contribution in [3.05, 3.63) is 118 Å². The van der Waals surface area contributed by atoms with E-state index >= 15 is 0 Å². The third-order valence-corrected chi connectivity index (χ3v) is 5.83.